The molecule has 108 valence electrons. The molecule has 0 amide bonds. The third-order valence-electron chi connectivity index (χ3n) is 3.73. The van der Waals surface area contributed by atoms with Gasteiger partial charge in [0.15, 0.2) is 5.78 Å². The first-order valence-corrected chi connectivity index (χ1v) is 7.08. The molecule has 0 atom stereocenters. The minimum atomic E-state index is 0.136. The third kappa shape index (κ3) is 4.18. The van der Waals surface area contributed by atoms with Crippen molar-refractivity contribution in [3.63, 3.8) is 0 Å². The topological polar surface area (TPSA) is 44.1 Å². The molecular weight excluding hydrogens is 248 g/mol. The maximum Gasteiger partial charge on any atom is 0.177 e. The predicted molar refractivity (Wildman–Crippen MR) is 81.9 cm³/mol. The van der Waals surface area contributed by atoms with E-state index in [0.29, 0.717) is 19.5 Å². The van der Waals surface area contributed by atoms with E-state index in [1.165, 1.54) is 5.56 Å². The summed E-state index contributed by atoms with van der Waals surface area (Å²) in [5.41, 5.74) is 4.19. The Morgan fingerprint density at radius 3 is 2.35 bits per heavy atom. The van der Waals surface area contributed by atoms with Crippen LogP contribution < -0.4 is 0 Å². The highest BCUT2D eigenvalue weighted by Crippen LogP contribution is 2.16. The van der Waals surface area contributed by atoms with Crippen LogP contribution in [-0.2, 0) is 0 Å². The summed E-state index contributed by atoms with van der Waals surface area (Å²) in [6.07, 6.45) is 0.456. The summed E-state index contributed by atoms with van der Waals surface area (Å²) in [7, 11) is 0. The van der Waals surface area contributed by atoms with Gasteiger partial charge in [-0.3, -0.25) is 9.69 Å². The average molecular weight is 272 g/mol. The minimum absolute atomic E-state index is 0.136. The van der Waals surface area contributed by atoms with Crippen LogP contribution in [0.25, 0.3) is 0 Å². The molecule has 1 rings (SSSR count). The van der Waals surface area contributed by atoms with Crippen molar-refractivity contribution in [2.75, 3.05) is 13.1 Å². The number of benzene rings is 1. The Hall–Kier alpha value is -1.66. The average Bonchev–Trinajstić information content (AvgIpc) is 2.38. The Bertz CT molecular complexity index is 527. The van der Waals surface area contributed by atoms with Crippen molar-refractivity contribution in [2.45, 2.75) is 47.1 Å². The molecule has 0 bridgehead atoms. The van der Waals surface area contributed by atoms with Crippen molar-refractivity contribution in [1.29, 1.82) is 5.26 Å². The third-order valence-corrected chi connectivity index (χ3v) is 3.73. The largest absolute Gasteiger partial charge is 0.293 e. The number of nitriles is 1. The lowest BCUT2D eigenvalue weighted by atomic mass is 9.97. The zero-order valence-electron chi connectivity index (χ0n) is 13.2. The number of rotatable bonds is 6. The molecule has 0 radical (unpaired) electrons. The van der Waals surface area contributed by atoms with E-state index >= 15 is 0 Å². The molecule has 3 heteroatoms. The molecule has 3 nitrogen and oxygen atoms in total. The molecule has 0 aliphatic heterocycles. The van der Waals surface area contributed by atoms with Gasteiger partial charge >= 0.3 is 0 Å². The highest BCUT2D eigenvalue weighted by Gasteiger charge is 2.17. The summed E-state index contributed by atoms with van der Waals surface area (Å²) >= 11 is 0. The summed E-state index contributed by atoms with van der Waals surface area (Å²) in [6, 6.07) is 6.45. The van der Waals surface area contributed by atoms with Crippen LogP contribution in [0.2, 0.25) is 0 Å². The number of hydrogen-bond acceptors (Lipinski definition) is 3. The van der Waals surface area contributed by atoms with Gasteiger partial charge in [0.2, 0.25) is 0 Å². The van der Waals surface area contributed by atoms with Gasteiger partial charge in [0.1, 0.15) is 0 Å². The standard InChI is InChI=1S/C17H24N2O/c1-12(2)19(8-6-7-18)11-17(20)16-10-14(4)13(3)9-15(16)5/h9-10,12H,6,8,11H2,1-5H3. The van der Waals surface area contributed by atoms with E-state index in [0.717, 1.165) is 16.7 Å². The normalized spacial score (nSPS) is 10.9. The Morgan fingerprint density at radius 2 is 1.80 bits per heavy atom. The number of aryl methyl sites for hydroxylation is 3. The Kier molecular flexibility index (Phi) is 5.91. The molecule has 0 aliphatic carbocycles. The molecule has 0 heterocycles. The van der Waals surface area contributed by atoms with Crippen LogP contribution in [-0.4, -0.2) is 29.8 Å². The number of ketones is 1. The van der Waals surface area contributed by atoms with Crippen molar-refractivity contribution < 1.29 is 4.79 Å². The van der Waals surface area contributed by atoms with Crippen molar-refractivity contribution in [2.24, 2.45) is 0 Å². The number of carbonyl (C=O) groups excluding carboxylic acids is 1. The fourth-order valence-corrected chi connectivity index (χ4v) is 2.24. The van der Waals surface area contributed by atoms with Crippen LogP contribution in [0.5, 0.6) is 0 Å². The fourth-order valence-electron chi connectivity index (χ4n) is 2.24. The highest BCUT2D eigenvalue weighted by molar-refractivity contribution is 5.99. The SMILES string of the molecule is Cc1cc(C)c(C(=O)CN(CCC#N)C(C)C)cc1C. The molecule has 0 saturated heterocycles. The van der Waals surface area contributed by atoms with Crippen molar-refractivity contribution in [3.8, 4) is 6.07 Å². The zero-order chi connectivity index (χ0) is 15.3. The maximum absolute atomic E-state index is 12.5. The van der Waals surface area contributed by atoms with Gasteiger partial charge in [0.25, 0.3) is 0 Å². The van der Waals surface area contributed by atoms with Gasteiger partial charge < -0.3 is 0 Å². The number of Topliss-reactive ketones (excluding diaryl/α,β-unsaturated/α-hetero) is 1. The van der Waals surface area contributed by atoms with E-state index in [-0.39, 0.29) is 11.8 Å². The van der Waals surface area contributed by atoms with Crippen LogP contribution in [0.15, 0.2) is 12.1 Å². The molecule has 0 unspecified atom stereocenters. The molecule has 0 saturated carbocycles. The van der Waals surface area contributed by atoms with Gasteiger partial charge in [0.05, 0.1) is 12.6 Å². The Labute approximate surface area is 122 Å². The fraction of sp³-hybridized carbons (Fsp3) is 0.529. The monoisotopic (exact) mass is 272 g/mol. The van der Waals surface area contributed by atoms with E-state index in [9.17, 15) is 4.79 Å². The second-order valence-corrected chi connectivity index (χ2v) is 5.65. The Balaban J connectivity index is 2.89. The van der Waals surface area contributed by atoms with E-state index in [2.05, 4.69) is 37.8 Å². The van der Waals surface area contributed by atoms with Gasteiger partial charge in [-0.25, -0.2) is 0 Å². The van der Waals surface area contributed by atoms with E-state index in [1.54, 1.807) is 0 Å². The van der Waals surface area contributed by atoms with E-state index < -0.39 is 0 Å². The number of nitrogens with zero attached hydrogens (tertiary/aromatic N) is 2. The van der Waals surface area contributed by atoms with Gasteiger partial charge in [-0.05, 0) is 57.4 Å². The quantitative estimate of drug-likeness (QED) is 0.745. The molecule has 1 aromatic rings. The summed E-state index contributed by atoms with van der Waals surface area (Å²) in [4.78, 5) is 14.5. The van der Waals surface area contributed by atoms with Crippen molar-refractivity contribution >= 4 is 5.78 Å². The zero-order valence-corrected chi connectivity index (χ0v) is 13.2. The summed E-state index contributed by atoms with van der Waals surface area (Å²) in [6.45, 7) is 11.2. The molecule has 0 N–H and O–H groups in total. The predicted octanol–water partition coefficient (Wildman–Crippen LogP) is 3.42. The van der Waals surface area contributed by atoms with Gasteiger partial charge in [-0.2, -0.15) is 5.26 Å². The molecule has 0 spiro atoms. The van der Waals surface area contributed by atoms with E-state index in [4.69, 9.17) is 5.26 Å². The lowest BCUT2D eigenvalue weighted by Gasteiger charge is -2.25. The lowest BCUT2D eigenvalue weighted by molar-refractivity contribution is 0.0907. The van der Waals surface area contributed by atoms with Gasteiger partial charge in [-0.15, -0.1) is 0 Å². The van der Waals surface area contributed by atoms with Crippen LogP contribution in [0.1, 0.15) is 47.3 Å². The second-order valence-electron chi connectivity index (χ2n) is 5.65. The molecule has 20 heavy (non-hydrogen) atoms. The van der Waals surface area contributed by atoms with Crippen LogP contribution in [0, 0.1) is 32.1 Å². The summed E-state index contributed by atoms with van der Waals surface area (Å²) in [5, 5.41) is 8.70. The Morgan fingerprint density at radius 1 is 1.20 bits per heavy atom. The smallest absolute Gasteiger partial charge is 0.177 e. The number of carbonyl (C=O) groups is 1. The van der Waals surface area contributed by atoms with Crippen LogP contribution in [0.4, 0.5) is 0 Å². The molecule has 0 aliphatic rings. The van der Waals surface area contributed by atoms with Crippen LogP contribution >= 0.6 is 0 Å². The first-order valence-electron chi connectivity index (χ1n) is 7.08. The summed E-state index contributed by atoms with van der Waals surface area (Å²) in [5.74, 6) is 0.136. The molecule has 0 fully saturated rings. The summed E-state index contributed by atoms with van der Waals surface area (Å²) < 4.78 is 0. The van der Waals surface area contributed by atoms with Gasteiger partial charge in [0, 0.05) is 24.6 Å². The van der Waals surface area contributed by atoms with Crippen molar-refractivity contribution in [3.05, 3.63) is 34.4 Å². The van der Waals surface area contributed by atoms with Crippen LogP contribution in [0.3, 0.4) is 0 Å². The molecular formula is C17H24N2O. The molecule has 1 aromatic carbocycles. The minimum Gasteiger partial charge on any atom is -0.293 e. The lowest BCUT2D eigenvalue weighted by Crippen LogP contribution is -2.36. The van der Waals surface area contributed by atoms with E-state index in [1.807, 2.05) is 19.9 Å². The van der Waals surface area contributed by atoms with Gasteiger partial charge in [-0.1, -0.05) is 6.07 Å². The first-order chi connectivity index (χ1) is 9.36. The van der Waals surface area contributed by atoms with Crippen molar-refractivity contribution in [1.82, 2.24) is 4.90 Å². The second kappa shape index (κ2) is 7.21. The number of hydrogen-bond donors (Lipinski definition) is 0. The first kappa shape index (κ1) is 16.4. The maximum atomic E-state index is 12.5. The highest BCUT2D eigenvalue weighted by atomic mass is 16.1. The molecule has 0 aromatic heterocycles.